The van der Waals surface area contributed by atoms with Gasteiger partial charge in [-0.25, -0.2) is 0 Å². The number of alkyl halides is 3. The molecule has 27 heavy (non-hydrogen) atoms. The molecule has 9 heteroatoms. The van der Waals surface area contributed by atoms with Crippen molar-refractivity contribution in [3.8, 4) is 0 Å². The first-order chi connectivity index (χ1) is 12.6. The molecule has 0 radical (unpaired) electrons. The Morgan fingerprint density at radius 1 is 1.22 bits per heavy atom. The maximum Gasteiger partial charge on any atom is 0.416 e. The smallest absolute Gasteiger partial charge is 0.391 e. The number of amides is 1. The Morgan fingerprint density at radius 2 is 1.96 bits per heavy atom. The highest BCUT2D eigenvalue weighted by Crippen LogP contribution is 2.34. The second-order valence-electron chi connectivity index (χ2n) is 7.28. The van der Waals surface area contributed by atoms with E-state index in [0.29, 0.717) is 32.4 Å². The first-order valence-corrected chi connectivity index (χ1v) is 9.34. The van der Waals surface area contributed by atoms with E-state index in [2.05, 4.69) is 10.2 Å². The average Bonchev–Trinajstić information content (AvgIpc) is 2.58. The Kier molecular flexibility index (Phi) is 5.88. The Morgan fingerprint density at radius 3 is 2.67 bits per heavy atom. The Bertz CT molecular complexity index is 701. The first-order valence-electron chi connectivity index (χ1n) is 8.96. The number of benzene rings is 1. The second-order valence-corrected chi connectivity index (χ2v) is 7.72. The SMILES string of the molecule is CN1CC[C@H](O)[C@@H](N2CCC[C@@H](Nc3cc(Cl)cc(C(F)(F)F)c3)C2=O)C1. The number of anilines is 1. The van der Waals surface area contributed by atoms with Gasteiger partial charge in [-0.3, -0.25) is 4.79 Å². The normalized spacial score (nSPS) is 27.7. The van der Waals surface area contributed by atoms with Crippen LogP contribution in [0.1, 0.15) is 24.8 Å². The third-order valence-electron chi connectivity index (χ3n) is 5.19. The van der Waals surface area contributed by atoms with E-state index in [1.165, 1.54) is 6.07 Å². The molecule has 2 aliphatic rings. The van der Waals surface area contributed by atoms with Gasteiger partial charge >= 0.3 is 6.18 Å². The van der Waals surface area contributed by atoms with Crippen molar-refractivity contribution in [3.05, 3.63) is 28.8 Å². The maximum atomic E-state index is 13.0. The molecule has 2 fully saturated rings. The van der Waals surface area contributed by atoms with Crippen LogP contribution >= 0.6 is 11.6 Å². The zero-order valence-electron chi connectivity index (χ0n) is 15.0. The molecule has 2 heterocycles. The van der Waals surface area contributed by atoms with Crippen LogP contribution in [0.5, 0.6) is 0 Å². The van der Waals surface area contributed by atoms with Crippen molar-refractivity contribution in [1.29, 1.82) is 0 Å². The maximum absolute atomic E-state index is 13.0. The monoisotopic (exact) mass is 405 g/mol. The summed E-state index contributed by atoms with van der Waals surface area (Å²) in [5.41, 5.74) is -0.696. The lowest BCUT2D eigenvalue weighted by Crippen LogP contribution is -2.60. The van der Waals surface area contributed by atoms with Gasteiger partial charge in [-0.2, -0.15) is 13.2 Å². The standard InChI is InChI=1S/C18H23ClF3N3O2/c1-24-6-4-16(26)15(10-24)25-5-2-3-14(17(25)27)23-13-8-11(18(20,21)22)7-12(19)9-13/h7-9,14-16,23,26H,2-6,10H2,1H3/t14-,15+,16+/m1/s1. The van der Waals surface area contributed by atoms with Gasteiger partial charge in [0.25, 0.3) is 0 Å². The summed E-state index contributed by atoms with van der Waals surface area (Å²) in [6.45, 7) is 1.88. The van der Waals surface area contributed by atoms with Crippen molar-refractivity contribution in [2.75, 3.05) is 32.0 Å². The molecular formula is C18H23ClF3N3O2. The average molecular weight is 406 g/mol. The molecular weight excluding hydrogens is 383 g/mol. The number of hydrogen-bond acceptors (Lipinski definition) is 4. The summed E-state index contributed by atoms with van der Waals surface area (Å²) in [6, 6.07) is 2.26. The topological polar surface area (TPSA) is 55.8 Å². The number of carbonyl (C=O) groups excluding carboxylic acids is 1. The summed E-state index contributed by atoms with van der Waals surface area (Å²) >= 11 is 5.82. The predicted molar refractivity (Wildman–Crippen MR) is 96.7 cm³/mol. The molecule has 3 rings (SSSR count). The van der Waals surface area contributed by atoms with Crippen LogP contribution in [0.3, 0.4) is 0 Å². The van der Waals surface area contributed by atoms with E-state index >= 15 is 0 Å². The Labute approximate surface area is 161 Å². The van der Waals surface area contributed by atoms with Gasteiger partial charge < -0.3 is 20.2 Å². The fourth-order valence-electron chi connectivity index (χ4n) is 3.78. The van der Waals surface area contributed by atoms with E-state index in [9.17, 15) is 23.1 Å². The minimum atomic E-state index is -4.51. The zero-order chi connectivity index (χ0) is 19.8. The third-order valence-corrected chi connectivity index (χ3v) is 5.41. The van der Waals surface area contributed by atoms with E-state index in [0.717, 1.165) is 18.7 Å². The highest BCUT2D eigenvalue weighted by atomic mass is 35.5. The van der Waals surface area contributed by atoms with Crippen molar-refractivity contribution in [2.24, 2.45) is 0 Å². The van der Waals surface area contributed by atoms with Crippen molar-refractivity contribution < 1.29 is 23.1 Å². The predicted octanol–water partition coefficient (Wildman–Crippen LogP) is 2.83. The lowest BCUT2D eigenvalue weighted by molar-refractivity contribution is -0.141. The highest BCUT2D eigenvalue weighted by molar-refractivity contribution is 6.31. The van der Waals surface area contributed by atoms with Gasteiger partial charge in [0.05, 0.1) is 17.7 Å². The molecule has 5 nitrogen and oxygen atoms in total. The summed E-state index contributed by atoms with van der Waals surface area (Å²) in [4.78, 5) is 16.7. The molecule has 0 unspecified atom stereocenters. The molecule has 0 aromatic heterocycles. The number of nitrogens with one attached hydrogen (secondary N) is 1. The van der Waals surface area contributed by atoms with Crippen LogP contribution in [0.15, 0.2) is 18.2 Å². The molecule has 0 bridgehead atoms. The number of aliphatic hydroxyl groups is 1. The minimum Gasteiger partial charge on any atom is -0.391 e. The van der Waals surface area contributed by atoms with Crippen LogP contribution in [0.2, 0.25) is 5.02 Å². The van der Waals surface area contributed by atoms with Crippen LogP contribution in [-0.2, 0) is 11.0 Å². The number of rotatable bonds is 3. The van der Waals surface area contributed by atoms with E-state index in [4.69, 9.17) is 11.6 Å². The Hall–Kier alpha value is -1.51. The molecule has 0 saturated carbocycles. The van der Waals surface area contributed by atoms with Gasteiger partial charge in [0.2, 0.25) is 5.91 Å². The molecule has 3 atom stereocenters. The fourth-order valence-corrected chi connectivity index (χ4v) is 4.02. The van der Waals surface area contributed by atoms with Gasteiger partial charge in [-0.1, -0.05) is 11.6 Å². The Balaban J connectivity index is 1.76. The molecule has 1 aromatic rings. The number of halogens is 4. The van der Waals surface area contributed by atoms with E-state index in [1.807, 2.05) is 7.05 Å². The molecule has 1 aromatic carbocycles. The summed E-state index contributed by atoms with van der Waals surface area (Å²) in [6.07, 6.45) is -3.29. The number of likely N-dealkylation sites (N-methyl/N-ethyl adjacent to an activating group) is 1. The quantitative estimate of drug-likeness (QED) is 0.812. The second kappa shape index (κ2) is 7.85. The third kappa shape index (κ3) is 4.67. The molecule has 0 aliphatic carbocycles. The first kappa shape index (κ1) is 20.2. The molecule has 2 N–H and O–H groups in total. The number of hydrogen-bond donors (Lipinski definition) is 2. The number of piperidine rings is 2. The van der Waals surface area contributed by atoms with Crippen molar-refractivity contribution >= 4 is 23.2 Å². The van der Waals surface area contributed by atoms with E-state index in [1.54, 1.807) is 4.90 Å². The van der Waals surface area contributed by atoms with Gasteiger partial charge in [0.1, 0.15) is 6.04 Å². The lowest BCUT2D eigenvalue weighted by atomic mass is 9.96. The van der Waals surface area contributed by atoms with Crippen LogP contribution in [0.4, 0.5) is 18.9 Å². The van der Waals surface area contributed by atoms with Crippen LogP contribution in [-0.4, -0.2) is 65.7 Å². The zero-order valence-corrected chi connectivity index (χ0v) is 15.7. The van der Waals surface area contributed by atoms with Gasteiger partial charge in [-0.05, 0) is 44.5 Å². The van der Waals surface area contributed by atoms with Gasteiger partial charge in [0.15, 0.2) is 0 Å². The number of nitrogens with zero attached hydrogens (tertiary/aromatic N) is 2. The molecule has 0 spiro atoms. The van der Waals surface area contributed by atoms with E-state index < -0.39 is 23.9 Å². The van der Waals surface area contributed by atoms with Gasteiger partial charge in [-0.15, -0.1) is 0 Å². The summed E-state index contributed by atoms with van der Waals surface area (Å²) < 4.78 is 39.0. The molecule has 150 valence electrons. The largest absolute Gasteiger partial charge is 0.416 e. The minimum absolute atomic E-state index is 0.0447. The van der Waals surface area contributed by atoms with Crippen LogP contribution in [0.25, 0.3) is 0 Å². The van der Waals surface area contributed by atoms with Crippen molar-refractivity contribution in [3.63, 3.8) is 0 Å². The summed E-state index contributed by atoms with van der Waals surface area (Å²) in [5.74, 6) is -0.200. The lowest BCUT2D eigenvalue weighted by Gasteiger charge is -2.44. The number of likely N-dealkylation sites (tertiary alicyclic amines) is 2. The van der Waals surface area contributed by atoms with Crippen LogP contribution in [0, 0.1) is 0 Å². The summed E-state index contributed by atoms with van der Waals surface area (Å²) in [7, 11) is 1.94. The molecule has 1 amide bonds. The fraction of sp³-hybridized carbons (Fsp3) is 0.611. The molecule has 2 aliphatic heterocycles. The highest BCUT2D eigenvalue weighted by Gasteiger charge is 2.39. The van der Waals surface area contributed by atoms with Crippen LogP contribution < -0.4 is 5.32 Å². The van der Waals surface area contributed by atoms with Gasteiger partial charge in [0, 0.05) is 30.3 Å². The number of carbonyl (C=O) groups is 1. The number of aliphatic hydroxyl groups excluding tert-OH is 1. The van der Waals surface area contributed by atoms with E-state index in [-0.39, 0.29) is 22.7 Å². The molecule has 2 saturated heterocycles. The van der Waals surface area contributed by atoms with Crippen molar-refractivity contribution in [1.82, 2.24) is 9.80 Å². The van der Waals surface area contributed by atoms with Crippen molar-refractivity contribution in [2.45, 2.75) is 43.6 Å². The summed E-state index contributed by atoms with van der Waals surface area (Å²) in [5, 5.41) is 13.2.